The van der Waals surface area contributed by atoms with E-state index in [0.29, 0.717) is 23.2 Å². The Hall–Kier alpha value is -1.86. The third kappa shape index (κ3) is 3.83. The summed E-state index contributed by atoms with van der Waals surface area (Å²) in [5, 5.41) is 11.8. The zero-order valence-electron chi connectivity index (χ0n) is 13.0. The van der Waals surface area contributed by atoms with Crippen molar-refractivity contribution < 1.29 is 4.79 Å². The lowest BCUT2D eigenvalue weighted by atomic mass is 9.93. The fourth-order valence-electron chi connectivity index (χ4n) is 2.93. The van der Waals surface area contributed by atoms with Crippen LogP contribution < -0.4 is 5.32 Å². The lowest BCUT2D eigenvalue weighted by Gasteiger charge is -2.40. The van der Waals surface area contributed by atoms with E-state index in [0.717, 1.165) is 13.0 Å². The number of anilines is 1. The highest BCUT2D eigenvalue weighted by atomic mass is 16.2. The molecule has 21 heavy (non-hydrogen) atoms. The predicted molar refractivity (Wildman–Crippen MR) is 83.8 cm³/mol. The van der Waals surface area contributed by atoms with Crippen LogP contribution in [-0.4, -0.2) is 29.4 Å². The van der Waals surface area contributed by atoms with Crippen LogP contribution in [0, 0.1) is 17.2 Å². The van der Waals surface area contributed by atoms with E-state index in [1.165, 1.54) is 6.42 Å². The highest BCUT2D eigenvalue weighted by molar-refractivity contribution is 5.94. The molecule has 0 bridgehead atoms. The van der Waals surface area contributed by atoms with Crippen LogP contribution in [0.15, 0.2) is 24.3 Å². The van der Waals surface area contributed by atoms with Crippen LogP contribution in [0.3, 0.4) is 0 Å². The summed E-state index contributed by atoms with van der Waals surface area (Å²) in [6.07, 6.45) is 2.37. The van der Waals surface area contributed by atoms with Crippen LogP contribution in [0.25, 0.3) is 0 Å². The molecule has 0 saturated carbocycles. The number of piperidine rings is 1. The summed E-state index contributed by atoms with van der Waals surface area (Å²) < 4.78 is 0. The first-order chi connectivity index (χ1) is 10.0. The fraction of sp³-hybridized carbons (Fsp3) is 0.529. The molecule has 1 saturated heterocycles. The monoisotopic (exact) mass is 285 g/mol. The van der Waals surface area contributed by atoms with Crippen molar-refractivity contribution in [3.8, 4) is 6.07 Å². The Bertz CT molecular complexity index is 549. The molecule has 1 heterocycles. The molecule has 0 spiro atoms. The first-order valence-corrected chi connectivity index (χ1v) is 7.58. The van der Waals surface area contributed by atoms with Crippen molar-refractivity contribution in [3.05, 3.63) is 29.8 Å². The van der Waals surface area contributed by atoms with Crippen LogP contribution in [0.2, 0.25) is 0 Å². The van der Waals surface area contributed by atoms with E-state index in [9.17, 15) is 4.79 Å². The van der Waals surface area contributed by atoms with Crippen molar-refractivity contribution in [1.82, 2.24) is 4.90 Å². The second-order valence-corrected chi connectivity index (χ2v) is 6.09. The molecule has 3 atom stereocenters. The maximum Gasteiger partial charge on any atom is 0.241 e. The van der Waals surface area contributed by atoms with Crippen molar-refractivity contribution >= 4 is 11.6 Å². The van der Waals surface area contributed by atoms with Gasteiger partial charge in [0.1, 0.15) is 0 Å². The summed E-state index contributed by atoms with van der Waals surface area (Å²) in [7, 11) is 0. The normalized spacial score (nSPS) is 24.1. The number of hydrogen-bond acceptors (Lipinski definition) is 3. The van der Waals surface area contributed by atoms with E-state index in [1.54, 1.807) is 18.2 Å². The molecule has 1 fully saturated rings. The molecule has 1 amide bonds. The third-order valence-electron chi connectivity index (χ3n) is 4.30. The molecule has 0 aromatic heterocycles. The van der Waals surface area contributed by atoms with E-state index in [2.05, 4.69) is 30.1 Å². The lowest BCUT2D eigenvalue weighted by Crippen LogP contribution is -2.50. The maximum absolute atomic E-state index is 12.4. The molecule has 1 aliphatic heterocycles. The number of likely N-dealkylation sites (tertiary alicyclic amines) is 1. The Labute approximate surface area is 126 Å². The van der Waals surface area contributed by atoms with Gasteiger partial charge in [0.05, 0.1) is 17.7 Å². The zero-order valence-corrected chi connectivity index (χ0v) is 13.0. The summed E-state index contributed by atoms with van der Waals surface area (Å²) in [6, 6.07) is 9.39. The highest BCUT2D eigenvalue weighted by Crippen LogP contribution is 2.24. The number of nitrogens with zero attached hydrogens (tertiary/aromatic N) is 2. The summed E-state index contributed by atoms with van der Waals surface area (Å²) in [5.41, 5.74) is 1.24. The minimum absolute atomic E-state index is 0.00830. The summed E-state index contributed by atoms with van der Waals surface area (Å²) in [6.45, 7) is 7.35. The van der Waals surface area contributed by atoms with Gasteiger partial charge in [-0.25, -0.2) is 0 Å². The number of nitrogens with one attached hydrogen (secondary N) is 1. The van der Waals surface area contributed by atoms with Gasteiger partial charge in [0.2, 0.25) is 5.91 Å². The SMILES string of the molecule is CC1CCC(C)N(C(C)C(=O)Nc2cccc(C#N)c2)C1. The molecule has 1 aliphatic rings. The molecule has 1 aromatic rings. The maximum atomic E-state index is 12.4. The van der Waals surface area contributed by atoms with Gasteiger partial charge in [-0.3, -0.25) is 9.69 Å². The van der Waals surface area contributed by atoms with Gasteiger partial charge in [-0.15, -0.1) is 0 Å². The second-order valence-electron chi connectivity index (χ2n) is 6.09. The zero-order chi connectivity index (χ0) is 15.4. The molecule has 4 nitrogen and oxygen atoms in total. The van der Waals surface area contributed by atoms with Gasteiger partial charge in [0.25, 0.3) is 0 Å². The van der Waals surface area contributed by atoms with Gasteiger partial charge in [0.15, 0.2) is 0 Å². The number of carbonyl (C=O) groups excluding carboxylic acids is 1. The quantitative estimate of drug-likeness (QED) is 0.928. The summed E-state index contributed by atoms with van der Waals surface area (Å²) in [4.78, 5) is 14.7. The molecule has 2 rings (SSSR count). The summed E-state index contributed by atoms with van der Waals surface area (Å²) >= 11 is 0. The molecule has 1 aromatic carbocycles. The van der Waals surface area contributed by atoms with Crippen molar-refractivity contribution in [1.29, 1.82) is 5.26 Å². The average molecular weight is 285 g/mol. The van der Waals surface area contributed by atoms with Crippen LogP contribution in [0.1, 0.15) is 39.2 Å². The topological polar surface area (TPSA) is 56.1 Å². The molecule has 112 valence electrons. The highest BCUT2D eigenvalue weighted by Gasteiger charge is 2.30. The van der Waals surface area contributed by atoms with E-state index in [-0.39, 0.29) is 11.9 Å². The number of nitriles is 1. The van der Waals surface area contributed by atoms with Gasteiger partial charge in [-0.2, -0.15) is 5.26 Å². The molecule has 0 aliphatic carbocycles. The van der Waals surface area contributed by atoms with Gasteiger partial charge in [-0.05, 0) is 50.8 Å². The van der Waals surface area contributed by atoms with Crippen molar-refractivity contribution in [2.45, 2.75) is 45.7 Å². The first-order valence-electron chi connectivity index (χ1n) is 7.58. The number of carbonyl (C=O) groups is 1. The lowest BCUT2D eigenvalue weighted by molar-refractivity contribution is -0.122. The van der Waals surface area contributed by atoms with Crippen molar-refractivity contribution in [2.24, 2.45) is 5.92 Å². The molecule has 3 unspecified atom stereocenters. The molecule has 4 heteroatoms. The molecular weight excluding hydrogens is 262 g/mol. The fourth-order valence-corrected chi connectivity index (χ4v) is 2.93. The minimum Gasteiger partial charge on any atom is -0.325 e. The molecular formula is C17H23N3O. The van der Waals surface area contributed by atoms with Gasteiger partial charge in [0, 0.05) is 18.3 Å². The van der Waals surface area contributed by atoms with Gasteiger partial charge >= 0.3 is 0 Å². The van der Waals surface area contributed by atoms with E-state index in [1.807, 2.05) is 13.0 Å². The van der Waals surface area contributed by atoms with E-state index >= 15 is 0 Å². The Morgan fingerprint density at radius 2 is 2.19 bits per heavy atom. The number of hydrogen-bond donors (Lipinski definition) is 1. The van der Waals surface area contributed by atoms with Crippen LogP contribution in [0.4, 0.5) is 5.69 Å². The minimum atomic E-state index is -0.159. The van der Waals surface area contributed by atoms with Gasteiger partial charge in [-0.1, -0.05) is 13.0 Å². The van der Waals surface area contributed by atoms with E-state index < -0.39 is 0 Å². The largest absolute Gasteiger partial charge is 0.325 e. The Morgan fingerprint density at radius 1 is 1.43 bits per heavy atom. The van der Waals surface area contributed by atoms with Crippen LogP contribution in [-0.2, 0) is 4.79 Å². The molecule has 0 radical (unpaired) electrons. The Balaban J connectivity index is 2.03. The Morgan fingerprint density at radius 3 is 2.90 bits per heavy atom. The first kappa shape index (κ1) is 15.5. The average Bonchev–Trinajstić information content (AvgIpc) is 2.49. The van der Waals surface area contributed by atoms with Gasteiger partial charge < -0.3 is 5.32 Å². The van der Waals surface area contributed by atoms with Crippen LogP contribution in [0.5, 0.6) is 0 Å². The standard InChI is InChI=1S/C17H23N3O/c1-12-7-8-13(2)20(11-12)14(3)17(21)19-16-6-4-5-15(9-16)10-18/h4-6,9,12-14H,7-8,11H2,1-3H3,(H,19,21). The molecule has 1 N–H and O–H groups in total. The summed E-state index contributed by atoms with van der Waals surface area (Å²) in [5.74, 6) is 0.629. The number of benzene rings is 1. The smallest absolute Gasteiger partial charge is 0.241 e. The second kappa shape index (κ2) is 6.73. The van der Waals surface area contributed by atoms with Crippen molar-refractivity contribution in [3.63, 3.8) is 0 Å². The van der Waals surface area contributed by atoms with Crippen LogP contribution >= 0.6 is 0 Å². The Kier molecular flexibility index (Phi) is 4.98. The predicted octanol–water partition coefficient (Wildman–Crippen LogP) is 3.01. The number of rotatable bonds is 3. The van der Waals surface area contributed by atoms with E-state index in [4.69, 9.17) is 5.26 Å². The van der Waals surface area contributed by atoms with Crippen molar-refractivity contribution in [2.75, 3.05) is 11.9 Å². The third-order valence-corrected chi connectivity index (χ3v) is 4.30. The number of amides is 1.